The fourth-order valence-corrected chi connectivity index (χ4v) is 4.98. The highest BCUT2D eigenvalue weighted by atomic mass is 32.2. The van der Waals surface area contributed by atoms with Crippen LogP contribution in [0.3, 0.4) is 0 Å². The van der Waals surface area contributed by atoms with E-state index in [9.17, 15) is 13.2 Å². The van der Waals surface area contributed by atoms with E-state index in [1.54, 1.807) is 17.0 Å². The van der Waals surface area contributed by atoms with Crippen molar-refractivity contribution in [3.8, 4) is 11.8 Å². The van der Waals surface area contributed by atoms with Crippen LogP contribution in [0.5, 0.6) is 0 Å². The number of nitrogens with zero attached hydrogens (tertiary/aromatic N) is 3. The first-order chi connectivity index (χ1) is 14.5. The van der Waals surface area contributed by atoms with Crippen LogP contribution in [0.15, 0.2) is 54.6 Å². The zero-order valence-electron chi connectivity index (χ0n) is 17.4. The van der Waals surface area contributed by atoms with Crippen molar-refractivity contribution in [2.45, 2.75) is 13.8 Å². The molecule has 1 aliphatic heterocycles. The normalized spacial score (nSPS) is 15.0. The first-order valence-electron chi connectivity index (χ1n) is 10.2. The van der Waals surface area contributed by atoms with Crippen LogP contribution < -0.4 is 0 Å². The van der Waals surface area contributed by atoms with Crippen molar-refractivity contribution in [3.63, 3.8) is 0 Å². The Morgan fingerprint density at radius 3 is 1.93 bits per heavy atom. The molecule has 1 aliphatic rings. The molecule has 0 aromatic heterocycles. The zero-order valence-corrected chi connectivity index (χ0v) is 18.2. The second kappa shape index (κ2) is 9.90. The number of benzene rings is 2. The number of rotatable bonds is 5. The van der Waals surface area contributed by atoms with E-state index in [0.29, 0.717) is 44.8 Å². The predicted molar refractivity (Wildman–Crippen MR) is 118 cm³/mol. The molecule has 0 unspecified atom stereocenters. The maximum atomic E-state index is 12.8. The lowest BCUT2D eigenvalue weighted by Gasteiger charge is -2.36. The van der Waals surface area contributed by atoms with E-state index in [-0.39, 0.29) is 5.91 Å². The fraction of sp³-hybridized carbons (Fsp3) is 0.348. The molecule has 1 heterocycles. The van der Waals surface area contributed by atoms with Crippen LogP contribution in [0.1, 0.15) is 35.3 Å². The first kappa shape index (κ1) is 22.0. The molecule has 0 bridgehead atoms. The highest BCUT2D eigenvalue weighted by molar-refractivity contribution is 7.86. The fourth-order valence-electron chi connectivity index (χ4n) is 3.38. The van der Waals surface area contributed by atoms with Crippen molar-refractivity contribution in [1.29, 1.82) is 0 Å². The summed E-state index contributed by atoms with van der Waals surface area (Å²) in [5.41, 5.74) is 2.36. The van der Waals surface area contributed by atoms with Crippen LogP contribution in [-0.4, -0.2) is 67.1 Å². The van der Waals surface area contributed by atoms with Gasteiger partial charge in [0, 0.05) is 56.0 Å². The molecule has 0 aliphatic carbocycles. The topological polar surface area (TPSA) is 60.9 Å². The predicted octanol–water partition coefficient (Wildman–Crippen LogP) is 2.43. The molecule has 7 heteroatoms. The summed E-state index contributed by atoms with van der Waals surface area (Å²) in [6.45, 7) is 5.93. The molecule has 0 atom stereocenters. The zero-order chi connectivity index (χ0) is 21.6. The third-order valence-electron chi connectivity index (χ3n) is 5.14. The molecule has 2 aromatic rings. The van der Waals surface area contributed by atoms with Gasteiger partial charge in [-0.1, -0.05) is 43.9 Å². The Kier molecular flexibility index (Phi) is 7.27. The van der Waals surface area contributed by atoms with Crippen LogP contribution in [0.4, 0.5) is 0 Å². The molecule has 0 spiro atoms. The van der Waals surface area contributed by atoms with Crippen LogP contribution in [0.2, 0.25) is 0 Å². The Morgan fingerprint density at radius 2 is 1.40 bits per heavy atom. The average Bonchev–Trinajstić information content (AvgIpc) is 2.79. The number of carbonyl (C=O) groups is 1. The van der Waals surface area contributed by atoms with E-state index in [2.05, 4.69) is 11.8 Å². The highest BCUT2D eigenvalue weighted by Crippen LogP contribution is 2.15. The Bertz CT molecular complexity index is 1010. The molecule has 3 rings (SSSR count). The van der Waals surface area contributed by atoms with Crippen LogP contribution in [-0.2, 0) is 10.2 Å². The van der Waals surface area contributed by atoms with E-state index < -0.39 is 10.2 Å². The van der Waals surface area contributed by atoms with Crippen molar-refractivity contribution in [1.82, 2.24) is 13.5 Å². The van der Waals surface area contributed by atoms with Crippen molar-refractivity contribution in [2.75, 3.05) is 39.3 Å². The molecule has 6 nitrogen and oxygen atoms in total. The van der Waals surface area contributed by atoms with Gasteiger partial charge in [-0.3, -0.25) is 4.79 Å². The van der Waals surface area contributed by atoms with Gasteiger partial charge in [0.15, 0.2) is 0 Å². The van der Waals surface area contributed by atoms with Gasteiger partial charge in [0.05, 0.1) is 0 Å². The minimum absolute atomic E-state index is 0.0857. The van der Waals surface area contributed by atoms with Gasteiger partial charge in [-0.2, -0.15) is 17.0 Å². The Balaban J connectivity index is 1.61. The first-order valence-corrected chi connectivity index (χ1v) is 11.6. The molecule has 1 fully saturated rings. The van der Waals surface area contributed by atoms with Crippen LogP contribution in [0.25, 0.3) is 0 Å². The standard InChI is InChI=1S/C23H27N3O3S/c1-3-25(4-2)30(28,29)26-18-16-24(17-19-26)23(27)22-14-12-21(13-15-22)11-10-20-8-6-5-7-9-20/h5-9,12-15H,3-4,16-19H2,1-2H3. The molecule has 0 radical (unpaired) electrons. The van der Waals surface area contributed by atoms with Gasteiger partial charge in [-0.25, -0.2) is 0 Å². The summed E-state index contributed by atoms with van der Waals surface area (Å²) >= 11 is 0. The van der Waals surface area contributed by atoms with Crippen LogP contribution >= 0.6 is 0 Å². The maximum Gasteiger partial charge on any atom is 0.282 e. The summed E-state index contributed by atoms with van der Waals surface area (Å²) in [7, 11) is -3.46. The quantitative estimate of drug-likeness (QED) is 0.692. The van der Waals surface area contributed by atoms with Gasteiger partial charge in [0.2, 0.25) is 0 Å². The second-order valence-corrected chi connectivity index (χ2v) is 8.91. The molecule has 1 amide bonds. The van der Waals surface area contributed by atoms with Gasteiger partial charge >= 0.3 is 0 Å². The molecule has 30 heavy (non-hydrogen) atoms. The van der Waals surface area contributed by atoms with Gasteiger partial charge in [0.1, 0.15) is 0 Å². The van der Waals surface area contributed by atoms with Crippen molar-refractivity contribution in [3.05, 3.63) is 71.3 Å². The smallest absolute Gasteiger partial charge is 0.282 e. The van der Waals surface area contributed by atoms with Crippen LogP contribution in [0, 0.1) is 11.8 Å². The molecular weight excluding hydrogens is 398 g/mol. The Hall–Kier alpha value is -2.66. The molecular formula is C23H27N3O3S. The lowest BCUT2D eigenvalue weighted by atomic mass is 10.1. The summed E-state index contributed by atoms with van der Waals surface area (Å²) in [6, 6.07) is 17.0. The van der Waals surface area contributed by atoms with E-state index in [1.807, 2.05) is 56.3 Å². The Labute approximate surface area is 179 Å². The van der Waals surface area contributed by atoms with Gasteiger partial charge < -0.3 is 4.90 Å². The Morgan fingerprint density at radius 1 is 0.867 bits per heavy atom. The number of piperazine rings is 1. The van der Waals surface area contributed by atoms with Crippen molar-refractivity contribution < 1.29 is 13.2 Å². The summed E-state index contributed by atoms with van der Waals surface area (Å²) < 4.78 is 28.2. The van der Waals surface area contributed by atoms with Gasteiger partial charge in [-0.15, -0.1) is 0 Å². The highest BCUT2D eigenvalue weighted by Gasteiger charge is 2.32. The summed E-state index contributed by atoms with van der Waals surface area (Å²) in [5, 5.41) is 0. The minimum Gasteiger partial charge on any atom is -0.336 e. The average molecular weight is 426 g/mol. The maximum absolute atomic E-state index is 12.8. The van der Waals surface area contributed by atoms with Crippen molar-refractivity contribution in [2.24, 2.45) is 0 Å². The van der Waals surface area contributed by atoms with Gasteiger partial charge in [0.25, 0.3) is 16.1 Å². The third-order valence-corrected chi connectivity index (χ3v) is 7.33. The molecule has 0 N–H and O–H groups in total. The SMILES string of the molecule is CCN(CC)S(=O)(=O)N1CCN(C(=O)c2ccc(C#Cc3ccccc3)cc2)CC1. The molecule has 0 saturated carbocycles. The van der Waals surface area contributed by atoms with Gasteiger partial charge in [-0.05, 0) is 36.4 Å². The summed E-state index contributed by atoms with van der Waals surface area (Å²) in [6.07, 6.45) is 0. The monoisotopic (exact) mass is 425 g/mol. The lowest BCUT2D eigenvalue weighted by Crippen LogP contribution is -2.54. The summed E-state index contributed by atoms with van der Waals surface area (Å²) in [4.78, 5) is 14.5. The molecule has 2 aromatic carbocycles. The lowest BCUT2D eigenvalue weighted by molar-refractivity contribution is 0.0694. The molecule has 158 valence electrons. The number of carbonyl (C=O) groups excluding carboxylic acids is 1. The van der Waals surface area contributed by atoms with Crippen molar-refractivity contribution >= 4 is 16.1 Å². The third kappa shape index (κ3) is 5.08. The van der Waals surface area contributed by atoms with E-state index >= 15 is 0 Å². The van der Waals surface area contributed by atoms with E-state index in [1.165, 1.54) is 8.61 Å². The largest absolute Gasteiger partial charge is 0.336 e. The minimum atomic E-state index is -3.46. The number of amides is 1. The number of hydrogen-bond donors (Lipinski definition) is 0. The number of hydrogen-bond acceptors (Lipinski definition) is 3. The molecule has 1 saturated heterocycles. The second-order valence-electron chi connectivity index (χ2n) is 6.98. The summed E-state index contributed by atoms with van der Waals surface area (Å²) in [5.74, 6) is 6.11. The van der Waals surface area contributed by atoms with E-state index in [0.717, 1.165) is 11.1 Å². The van der Waals surface area contributed by atoms with E-state index in [4.69, 9.17) is 0 Å².